The van der Waals surface area contributed by atoms with Gasteiger partial charge >= 0.3 is 0 Å². The lowest BCUT2D eigenvalue weighted by molar-refractivity contribution is -0.116. The monoisotopic (exact) mass is 220 g/mol. The summed E-state index contributed by atoms with van der Waals surface area (Å²) in [6.07, 6.45) is 7.48. The van der Waals surface area contributed by atoms with E-state index in [0.717, 1.165) is 12.0 Å². The van der Waals surface area contributed by atoms with Gasteiger partial charge in [-0.05, 0) is 30.2 Å². The molecule has 1 heterocycles. The Hall–Kier alpha value is -1.68. The maximum Gasteiger partial charge on any atom is 0.244 e. The Labute approximate surface area is 95.3 Å². The van der Waals surface area contributed by atoms with Crippen molar-refractivity contribution in [2.75, 3.05) is 20.3 Å². The molecule has 1 aromatic rings. The molecule has 0 bridgehead atoms. The predicted octanol–water partition coefficient (Wildman–Crippen LogP) is 1.25. The van der Waals surface area contributed by atoms with Crippen LogP contribution in [0.5, 0.6) is 0 Å². The van der Waals surface area contributed by atoms with Gasteiger partial charge in [-0.1, -0.05) is 0 Å². The van der Waals surface area contributed by atoms with Crippen molar-refractivity contribution in [2.45, 2.75) is 6.42 Å². The average molecular weight is 220 g/mol. The van der Waals surface area contributed by atoms with E-state index in [2.05, 4.69) is 10.3 Å². The molecular formula is C12H16N2O2. The minimum atomic E-state index is -0.0899. The Balaban J connectivity index is 2.26. The van der Waals surface area contributed by atoms with Gasteiger partial charge in [0.05, 0.1) is 0 Å². The van der Waals surface area contributed by atoms with Crippen molar-refractivity contribution in [3.05, 3.63) is 36.2 Å². The Morgan fingerprint density at radius 1 is 1.50 bits per heavy atom. The molecule has 0 fully saturated rings. The molecule has 0 saturated heterocycles. The van der Waals surface area contributed by atoms with Crippen molar-refractivity contribution in [3.63, 3.8) is 0 Å². The summed E-state index contributed by atoms with van der Waals surface area (Å²) in [5.41, 5.74) is 0.960. The zero-order valence-electron chi connectivity index (χ0n) is 9.35. The zero-order valence-corrected chi connectivity index (χ0v) is 9.35. The summed E-state index contributed by atoms with van der Waals surface area (Å²) in [5, 5.41) is 2.77. The molecule has 1 aromatic heterocycles. The van der Waals surface area contributed by atoms with Crippen molar-refractivity contribution < 1.29 is 9.53 Å². The van der Waals surface area contributed by atoms with E-state index in [1.54, 1.807) is 25.6 Å². The molecule has 0 unspecified atom stereocenters. The van der Waals surface area contributed by atoms with Crippen LogP contribution in [0, 0.1) is 0 Å². The number of rotatable bonds is 6. The van der Waals surface area contributed by atoms with Crippen LogP contribution in [0.3, 0.4) is 0 Å². The number of carbonyl (C=O) groups excluding carboxylic acids is 1. The number of hydrogen-bond donors (Lipinski definition) is 1. The molecule has 1 amide bonds. The molecule has 0 radical (unpaired) electrons. The molecule has 0 aliphatic carbocycles. The first-order valence-corrected chi connectivity index (χ1v) is 5.18. The van der Waals surface area contributed by atoms with Crippen LogP contribution in [0.4, 0.5) is 0 Å². The van der Waals surface area contributed by atoms with Crippen molar-refractivity contribution >= 4 is 12.0 Å². The molecule has 1 rings (SSSR count). The third-order valence-corrected chi connectivity index (χ3v) is 1.96. The summed E-state index contributed by atoms with van der Waals surface area (Å²) in [7, 11) is 1.64. The van der Waals surface area contributed by atoms with Gasteiger partial charge in [-0.3, -0.25) is 9.78 Å². The first-order chi connectivity index (χ1) is 7.83. The summed E-state index contributed by atoms with van der Waals surface area (Å²) in [4.78, 5) is 15.2. The molecule has 0 saturated carbocycles. The number of carbonyl (C=O) groups is 1. The van der Waals surface area contributed by atoms with E-state index in [0.29, 0.717) is 13.2 Å². The molecule has 0 aromatic carbocycles. The van der Waals surface area contributed by atoms with Crippen molar-refractivity contribution in [1.29, 1.82) is 0 Å². The number of amides is 1. The average Bonchev–Trinajstić information content (AvgIpc) is 2.33. The number of pyridine rings is 1. The summed E-state index contributed by atoms with van der Waals surface area (Å²) < 4.78 is 4.88. The number of ether oxygens (including phenoxy) is 1. The van der Waals surface area contributed by atoms with E-state index < -0.39 is 0 Å². The lowest BCUT2D eigenvalue weighted by Gasteiger charge is -2.00. The Bertz CT molecular complexity index is 336. The molecule has 4 nitrogen and oxygen atoms in total. The zero-order chi connectivity index (χ0) is 11.6. The third kappa shape index (κ3) is 5.26. The van der Waals surface area contributed by atoms with E-state index in [9.17, 15) is 4.79 Å². The SMILES string of the molecule is COCCCNC(=O)/C=C/c1ccncc1. The highest BCUT2D eigenvalue weighted by atomic mass is 16.5. The van der Waals surface area contributed by atoms with E-state index in [1.165, 1.54) is 6.08 Å². The molecule has 0 spiro atoms. The lowest BCUT2D eigenvalue weighted by Crippen LogP contribution is -2.22. The molecule has 4 heteroatoms. The first kappa shape index (κ1) is 12.4. The second-order valence-electron chi connectivity index (χ2n) is 3.25. The number of nitrogens with one attached hydrogen (secondary N) is 1. The minimum absolute atomic E-state index is 0.0899. The highest BCUT2D eigenvalue weighted by Crippen LogP contribution is 1.98. The van der Waals surface area contributed by atoms with Crippen LogP contribution in [0.25, 0.3) is 6.08 Å². The number of aromatic nitrogens is 1. The fourth-order valence-corrected chi connectivity index (χ4v) is 1.13. The molecule has 86 valence electrons. The van der Waals surface area contributed by atoms with E-state index in [4.69, 9.17) is 4.74 Å². The van der Waals surface area contributed by atoms with Crippen molar-refractivity contribution in [1.82, 2.24) is 10.3 Å². The van der Waals surface area contributed by atoms with E-state index in [1.807, 2.05) is 12.1 Å². The second-order valence-corrected chi connectivity index (χ2v) is 3.25. The van der Waals surface area contributed by atoms with E-state index in [-0.39, 0.29) is 5.91 Å². The topological polar surface area (TPSA) is 51.2 Å². The molecular weight excluding hydrogens is 204 g/mol. The Morgan fingerprint density at radius 2 is 2.25 bits per heavy atom. The van der Waals surface area contributed by atoms with Gasteiger partial charge in [-0.2, -0.15) is 0 Å². The maximum absolute atomic E-state index is 11.3. The minimum Gasteiger partial charge on any atom is -0.385 e. The van der Waals surface area contributed by atoms with Crippen LogP contribution in [0.15, 0.2) is 30.6 Å². The van der Waals surface area contributed by atoms with Gasteiger partial charge in [0.25, 0.3) is 0 Å². The fraction of sp³-hybridized carbons (Fsp3) is 0.333. The van der Waals surface area contributed by atoms with Gasteiger partial charge in [0, 0.05) is 38.7 Å². The predicted molar refractivity (Wildman–Crippen MR) is 62.8 cm³/mol. The van der Waals surface area contributed by atoms with Crippen LogP contribution in [0.2, 0.25) is 0 Å². The molecule has 16 heavy (non-hydrogen) atoms. The van der Waals surface area contributed by atoms with Gasteiger partial charge in [-0.25, -0.2) is 0 Å². The summed E-state index contributed by atoms with van der Waals surface area (Å²) in [6, 6.07) is 3.68. The number of hydrogen-bond acceptors (Lipinski definition) is 3. The normalized spacial score (nSPS) is 10.6. The van der Waals surface area contributed by atoms with E-state index >= 15 is 0 Å². The maximum atomic E-state index is 11.3. The molecule has 0 aliphatic rings. The largest absolute Gasteiger partial charge is 0.385 e. The quantitative estimate of drug-likeness (QED) is 0.580. The number of nitrogens with zero attached hydrogens (tertiary/aromatic N) is 1. The number of methoxy groups -OCH3 is 1. The smallest absolute Gasteiger partial charge is 0.244 e. The molecule has 0 atom stereocenters. The van der Waals surface area contributed by atoms with Crippen LogP contribution < -0.4 is 5.32 Å². The summed E-state index contributed by atoms with van der Waals surface area (Å²) >= 11 is 0. The molecule has 1 N–H and O–H groups in total. The lowest BCUT2D eigenvalue weighted by atomic mass is 10.2. The van der Waals surface area contributed by atoms with Gasteiger partial charge in [0.15, 0.2) is 0 Å². The van der Waals surface area contributed by atoms with Gasteiger partial charge in [-0.15, -0.1) is 0 Å². The Kier molecular flexibility index (Phi) is 5.88. The van der Waals surface area contributed by atoms with Crippen molar-refractivity contribution in [2.24, 2.45) is 0 Å². The Morgan fingerprint density at radius 3 is 2.94 bits per heavy atom. The van der Waals surface area contributed by atoms with Gasteiger partial charge in [0.2, 0.25) is 5.91 Å². The molecule has 0 aliphatic heterocycles. The standard InChI is InChI=1S/C12H16N2O2/c1-16-10-2-7-14-12(15)4-3-11-5-8-13-9-6-11/h3-6,8-9H,2,7,10H2,1H3,(H,14,15)/b4-3+. The van der Waals surface area contributed by atoms with Crippen LogP contribution in [-0.4, -0.2) is 31.2 Å². The highest BCUT2D eigenvalue weighted by molar-refractivity contribution is 5.91. The summed E-state index contributed by atoms with van der Waals surface area (Å²) in [5.74, 6) is -0.0899. The van der Waals surface area contributed by atoms with Crippen molar-refractivity contribution in [3.8, 4) is 0 Å². The van der Waals surface area contributed by atoms with Crippen LogP contribution in [-0.2, 0) is 9.53 Å². The third-order valence-electron chi connectivity index (χ3n) is 1.96. The fourth-order valence-electron chi connectivity index (χ4n) is 1.13. The van der Waals surface area contributed by atoms with Gasteiger partial charge < -0.3 is 10.1 Å². The van der Waals surface area contributed by atoms with Crippen LogP contribution in [0.1, 0.15) is 12.0 Å². The summed E-state index contributed by atoms with van der Waals surface area (Å²) in [6.45, 7) is 1.29. The second kappa shape index (κ2) is 7.59. The first-order valence-electron chi connectivity index (χ1n) is 5.18. The van der Waals surface area contributed by atoms with Gasteiger partial charge in [0.1, 0.15) is 0 Å². The highest BCUT2D eigenvalue weighted by Gasteiger charge is 1.93. The van der Waals surface area contributed by atoms with Crippen LogP contribution >= 0.6 is 0 Å².